The van der Waals surface area contributed by atoms with E-state index in [1.54, 1.807) is 11.0 Å². The maximum atomic E-state index is 12.5. The average molecular weight is 578 g/mol. The van der Waals surface area contributed by atoms with E-state index >= 15 is 0 Å². The maximum absolute atomic E-state index is 12.5. The van der Waals surface area contributed by atoms with Crippen molar-refractivity contribution in [2.75, 3.05) is 18.4 Å². The summed E-state index contributed by atoms with van der Waals surface area (Å²) in [6, 6.07) is 23.3. The van der Waals surface area contributed by atoms with E-state index in [2.05, 4.69) is 16.4 Å². The number of benzene rings is 3. The molecule has 1 saturated heterocycles. The van der Waals surface area contributed by atoms with E-state index in [9.17, 15) is 14.4 Å². The molecule has 3 aromatic carbocycles. The lowest BCUT2D eigenvalue weighted by Gasteiger charge is -2.33. The van der Waals surface area contributed by atoms with Gasteiger partial charge >= 0.3 is 5.97 Å². The Labute approximate surface area is 241 Å². The third-order valence-corrected chi connectivity index (χ3v) is 7.87. The molecule has 0 aliphatic carbocycles. The molecule has 2 heterocycles. The monoisotopic (exact) mass is 577 g/mol. The van der Waals surface area contributed by atoms with Crippen LogP contribution in [0.5, 0.6) is 0 Å². The summed E-state index contributed by atoms with van der Waals surface area (Å²) >= 11 is 12.4. The third kappa shape index (κ3) is 6.49. The highest BCUT2D eigenvalue weighted by atomic mass is 35.5. The molecule has 4 aromatic rings. The quantitative estimate of drug-likeness (QED) is 0.214. The van der Waals surface area contributed by atoms with E-state index in [0.717, 1.165) is 33.3 Å². The minimum Gasteiger partial charge on any atom is -0.481 e. The van der Waals surface area contributed by atoms with Gasteiger partial charge in [0.25, 0.3) is 0 Å². The Morgan fingerprint density at radius 3 is 2.02 bits per heavy atom. The van der Waals surface area contributed by atoms with Gasteiger partial charge in [-0.1, -0.05) is 53.5 Å². The van der Waals surface area contributed by atoms with Crippen molar-refractivity contribution in [3.8, 4) is 0 Å². The number of nitrogens with one attached hydrogen (secondary N) is 2. The highest BCUT2D eigenvalue weighted by Gasteiger charge is 2.24. The van der Waals surface area contributed by atoms with Crippen molar-refractivity contribution in [1.29, 1.82) is 0 Å². The molecule has 1 aliphatic heterocycles. The van der Waals surface area contributed by atoms with Gasteiger partial charge in [0.2, 0.25) is 11.5 Å². The Morgan fingerprint density at radius 2 is 1.45 bits per heavy atom. The predicted molar refractivity (Wildman–Crippen MR) is 159 cm³/mol. The van der Waals surface area contributed by atoms with E-state index < -0.39 is 5.97 Å². The van der Waals surface area contributed by atoms with Gasteiger partial charge in [0, 0.05) is 58.7 Å². The predicted octanol–water partition coefficient (Wildman–Crippen LogP) is 6.28. The van der Waals surface area contributed by atoms with E-state index in [1.807, 2.05) is 60.7 Å². The highest BCUT2D eigenvalue weighted by molar-refractivity contribution is 6.30. The molecule has 1 amide bonds. The zero-order valence-corrected chi connectivity index (χ0v) is 23.2. The molecule has 0 bridgehead atoms. The lowest BCUT2D eigenvalue weighted by atomic mass is 9.84. The van der Waals surface area contributed by atoms with Gasteiger partial charge in [-0.25, -0.2) is 0 Å². The molecule has 0 atom stereocenters. The summed E-state index contributed by atoms with van der Waals surface area (Å²) in [5, 5.41) is 14.6. The van der Waals surface area contributed by atoms with Crippen molar-refractivity contribution in [2.24, 2.45) is 0 Å². The standard InChI is InChI=1S/C31H29Cl2N3O4/c32-22-6-1-19(2-7-22)31(20-3-8-23(33)9-4-20)21-5-10-26-25(17-21)27(18-28(37)35-26)34-24-13-15-36(16-14-24)29(38)11-12-30(39)40/h1-10,17-18,24,31H,11-16H2,(H,39,40)(H2,34,35,37). The third-order valence-electron chi connectivity index (χ3n) is 7.37. The van der Waals surface area contributed by atoms with Crippen LogP contribution in [0, 0.1) is 0 Å². The van der Waals surface area contributed by atoms with Crippen LogP contribution in [0.15, 0.2) is 77.6 Å². The Bertz CT molecular complexity index is 1530. The van der Waals surface area contributed by atoms with Crippen molar-refractivity contribution in [3.05, 3.63) is 110 Å². The number of carboxylic acids is 1. The first-order chi connectivity index (χ1) is 19.3. The molecule has 5 rings (SSSR count). The fourth-order valence-corrected chi connectivity index (χ4v) is 5.58. The van der Waals surface area contributed by atoms with Crippen LogP contribution in [0.4, 0.5) is 5.69 Å². The Hall–Kier alpha value is -3.81. The number of nitrogens with zero attached hydrogens (tertiary/aromatic N) is 1. The molecule has 1 aliphatic rings. The first-order valence-corrected chi connectivity index (χ1v) is 14.0. The number of halogens is 2. The summed E-state index contributed by atoms with van der Waals surface area (Å²) in [5.41, 5.74) is 4.46. The first-order valence-electron chi connectivity index (χ1n) is 13.2. The maximum Gasteiger partial charge on any atom is 0.303 e. The second kappa shape index (κ2) is 12.1. The fraction of sp³-hybridized carbons (Fsp3) is 0.258. The highest BCUT2D eigenvalue weighted by Crippen LogP contribution is 2.36. The van der Waals surface area contributed by atoms with Gasteiger partial charge in [-0.2, -0.15) is 0 Å². The molecule has 1 aromatic heterocycles. The topological polar surface area (TPSA) is 102 Å². The number of H-pyrrole nitrogens is 1. The molecule has 1 fully saturated rings. The minimum atomic E-state index is -0.972. The van der Waals surface area contributed by atoms with Crippen molar-refractivity contribution < 1.29 is 14.7 Å². The van der Waals surface area contributed by atoms with Gasteiger partial charge in [-0.05, 0) is 65.9 Å². The number of carbonyl (C=O) groups is 2. The lowest BCUT2D eigenvalue weighted by molar-refractivity contribution is -0.141. The van der Waals surface area contributed by atoms with Gasteiger partial charge in [0.15, 0.2) is 0 Å². The molecule has 3 N–H and O–H groups in total. The van der Waals surface area contributed by atoms with E-state index in [-0.39, 0.29) is 36.3 Å². The number of rotatable bonds is 8. The summed E-state index contributed by atoms with van der Waals surface area (Å²) < 4.78 is 0. The van der Waals surface area contributed by atoms with Crippen LogP contribution in [0.25, 0.3) is 10.9 Å². The molecule has 0 radical (unpaired) electrons. The number of piperidine rings is 1. The zero-order valence-electron chi connectivity index (χ0n) is 21.7. The van der Waals surface area contributed by atoms with Gasteiger partial charge in [0.05, 0.1) is 11.9 Å². The summed E-state index contributed by atoms with van der Waals surface area (Å²) in [6.07, 6.45) is 1.25. The normalized spacial score (nSPS) is 14.0. The molecule has 7 nitrogen and oxygen atoms in total. The van der Waals surface area contributed by atoms with Crippen LogP contribution < -0.4 is 10.9 Å². The minimum absolute atomic E-state index is 0.0112. The molecule has 0 unspecified atom stereocenters. The molecule has 206 valence electrons. The Balaban J connectivity index is 1.44. The Kier molecular flexibility index (Phi) is 8.43. The summed E-state index contributed by atoms with van der Waals surface area (Å²) in [4.78, 5) is 40.3. The van der Waals surface area contributed by atoms with Crippen molar-refractivity contribution in [3.63, 3.8) is 0 Å². The van der Waals surface area contributed by atoms with Crippen LogP contribution in [0.2, 0.25) is 10.0 Å². The summed E-state index contributed by atoms with van der Waals surface area (Å²) in [7, 11) is 0. The number of amides is 1. The number of likely N-dealkylation sites (tertiary alicyclic amines) is 1. The van der Waals surface area contributed by atoms with Gasteiger partial charge in [0.1, 0.15) is 0 Å². The number of carboxylic acid groups (broad SMARTS) is 1. The van der Waals surface area contributed by atoms with E-state index in [4.69, 9.17) is 28.3 Å². The first kappa shape index (κ1) is 27.7. The number of hydrogen-bond acceptors (Lipinski definition) is 4. The largest absolute Gasteiger partial charge is 0.481 e. The number of pyridine rings is 1. The van der Waals surface area contributed by atoms with Crippen LogP contribution in [0.1, 0.15) is 48.3 Å². The second-order valence-corrected chi connectivity index (χ2v) is 11.0. The molecule has 0 saturated carbocycles. The molecular formula is C31H29Cl2N3O4. The number of anilines is 1. The SMILES string of the molecule is O=C(O)CCC(=O)N1CCC(Nc2cc(=O)[nH]c3ccc(C(c4ccc(Cl)cc4)c4ccc(Cl)cc4)cc23)CC1. The van der Waals surface area contributed by atoms with Gasteiger partial charge < -0.3 is 20.3 Å². The molecule has 40 heavy (non-hydrogen) atoms. The number of aromatic nitrogens is 1. The number of aromatic amines is 1. The van der Waals surface area contributed by atoms with E-state index in [1.165, 1.54) is 0 Å². The smallest absolute Gasteiger partial charge is 0.303 e. The van der Waals surface area contributed by atoms with Crippen molar-refractivity contribution in [1.82, 2.24) is 9.88 Å². The number of aliphatic carboxylic acids is 1. The second-order valence-electron chi connectivity index (χ2n) is 10.1. The van der Waals surface area contributed by atoms with Crippen molar-refractivity contribution >= 4 is 51.7 Å². The van der Waals surface area contributed by atoms with Crippen LogP contribution >= 0.6 is 23.2 Å². The summed E-state index contributed by atoms with van der Waals surface area (Å²) in [6.45, 7) is 1.08. The van der Waals surface area contributed by atoms with Crippen LogP contribution in [-0.2, 0) is 9.59 Å². The fourth-order valence-electron chi connectivity index (χ4n) is 5.32. The molecule has 9 heteroatoms. The number of hydrogen-bond donors (Lipinski definition) is 3. The summed E-state index contributed by atoms with van der Waals surface area (Å²) in [5.74, 6) is -1.19. The zero-order chi connectivity index (χ0) is 28.2. The van der Waals surface area contributed by atoms with Gasteiger partial charge in [-0.15, -0.1) is 0 Å². The van der Waals surface area contributed by atoms with Crippen LogP contribution in [-0.4, -0.2) is 46.0 Å². The Morgan fingerprint density at radius 1 is 0.875 bits per heavy atom. The lowest BCUT2D eigenvalue weighted by Crippen LogP contribution is -2.42. The average Bonchev–Trinajstić information content (AvgIpc) is 2.94. The van der Waals surface area contributed by atoms with E-state index in [0.29, 0.717) is 36.0 Å². The number of fused-ring (bicyclic) bond motifs is 1. The van der Waals surface area contributed by atoms with Gasteiger partial charge in [-0.3, -0.25) is 14.4 Å². The van der Waals surface area contributed by atoms with Crippen molar-refractivity contribution in [2.45, 2.75) is 37.6 Å². The number of carbonyl (C=O) groups excluding carboxylic acids is 1. The molecule has 0 spiro atoms. The molecular weight excluding hydrogens is 549 g/mol. The van der Waals surface area contributed by atoms with Crippen LogP contribution in [0.3, 0.4) is 0 Å².